The first kappa shape index (κ1) is 11.1. The van der Waals surface area contributed by atoms with E-state index >= 15 is 0 Å². The summed E-state index contributed by atoms with van der Waals surface area (Å²) in [6.07, 6.45) is 0.637. The summed E-state index contributed by atoms with van der Waals surface area (Å²) in [6, 6.07) is 7.03. The van der Waals surface area contributed by atoms with Gasteiger partial charge in [0, 0.05) is 5.56 Å². The van der Waals surface area contributed by atoms with Crippen LogP contribution in [0.25, 0.3) is 0 Å². The first-order chi connectivity index (χ1) is 6.69. The van der Waals surface area contributed by atoms with Crippen molar-refractivity contribution in [1.29, 1.82) is 0 Å². The lowest BCUT2D eigenvalue weighted by atomic mass is 10.1. The molecule has 0 radical (unpaired) electrons. The number of carbonyl (C=O) groups excluding carboxylic acids is 1. The van der Waals surface area contributed by atoms with Crippen molar-refractivity contribution in [2.24, 2.45) is 0 Å². The Hall–Kier alpha value is -1.02. The predicted molar refractivity (Wildman–Crippen MR) is 57.3 cm³/mol. The molecule has 0 aliphatic rings. The second-order valence-corrected chi connectivity index (χ2v) is 3.50. The number of carbonyl (C=O) groups is 1. The number of ketones is 1. The van der Waals surface area contributed by atoms with Gasteiger partial charge in [0.05, 0.1) is 12.5 Å². The minimum absolute atomic E-state index is 0.0481. The molecule has 3 heteroatoms. The largest absolute Gasteiger partial charge is 0.497 e. The van der Waals surface area contributed by atoms with E-state index < -0.39 is 5.38 Å². The van der Waals surface area contributed by atoms with E-state index in [-0.39, 0.29) is 5.78 Å². The number of rotatable bonds is 4. The van der Waals surface area contributed by atoms with Gasteiger partial charge in [-0.15, -0.1) is 11.6 Å². The molecular formula is C11H13ClO2. The molecule has 0 saturated carbocycles. The van der Waals surface area contributed by atoms with Crippen molar-refractivity contribution in [3.63, 3.8) is 0 Å². The molecule has 1 aromatic carbocycles. The smallest absolute Gasteiger partial charge is 0.180 e. The third kappa shape index (κ3) is 2.48. The van der Waals surface area contributed by atoms with Crippen LogP contribution in [0, 0.1) is 0 Å². The van der Waals surface area contributed by atoms with E-state index in [0.717, 1.165) is 0 Å². The number of hydrogen-bond donors (Lipinski definition) is 0. The monoisotopic (exact) mass is 212 g/mol. The third-order valence-electron chi connectivity index (χ3n) is 2.00. The van der Waals surface area contributed by atoms with Crippen LogP contribution in [-0.2, 0) is 0 Å². The molecule has 1 aromatic rings. The number of methoxy groups -OCH3 is 1. The second kappa shape index (κ2) is 5.01. The van der Waals surface area contributed by atoms with Crippen LogP contribution >= 0.6 is 11.6 Å². The van der Waals surface area contributed by atoms with E-state index in [1.54, 1.807) is 31.4 Å². The van der Waals surface area contributed by atoms with E-state index in [1.165, 1.54) is 0 Å². The fourth-order valence-corrected chi connectivity index (χ4v) is 1.27. The highest BCUT2D eigenvalue weighted by Crippen LogP contribution is 2.16. The van der Waals surface area contributed by atoms with E-state index in [4.69, 9.17) is 16.3 Å². The molecule has 0 bridgehead atoms. The van der Waals surface area contributed by atoms with Crippen LogP contribution in [0.5, 0.6) is 5.75 Å². The van der Waals surface area contributed by atoms with Gasteiger partial charge in [-0.05, 0) is 18.6 Å². The summed E-state index contributed by atoms with van der Waals surface area (Å²) >= 11 is 5.86. The Bertz CT molecular complexity index is 323. The van der Waals surface area contributed by atoms with Crippen LogP contribution in [0.1, 0.15) is 23.7 Å². The van der Waals surface area contributed by atoms with Gasteiger partial charge in [-0.25, -0.2) is 0 Å². The quantitative estimate of drug-likeness (QED) is 0.567. The molecule has 76 valence electrons. The van der Waals surface area contributed by atoms with E-state index in [1.807, 2.05) is 6.92 Å². The third-order valence-corrected chi connectivity index (χ3v) is 2.50. The summed E-state index contributed by atoms with van der Waals surface area (Å²) in [5.74, 6) is 0.629. The minimum atomic E-state index is -0.442. The second-order valence-electron chi connectivity index (χ2n) is 2.97. The molecule has 1 atom stereocenters. The normalized spacial score (nSPS) is 12.2. The molecule has 2 nitrogen and oxygen atoms in total. The number of halogens is 1. The van der Waals surface area contributed by atoms with Crippen molar-refractivity contribution in [3.05, 3.63) is 29.8 Å². The first-order valence-electron chi connectivity index (χ1n) is 4.51. The van der Waals surface area contributed by atoms with Gasteiger partial charge in [-0.1, -0.05) is 19.1 Å². The van der Waals surface area contributed by atoms with Crippen LogP contribution in [0.2, 0.25) is 0 Å². The van der Waals surface area contributed by atoms with Crippen LogP contribution in [0.15, 0.2) is 24.3 Å². The zero-order chi connectivity index (χ0) is 10.6. The van der Waals surface area contributed by atoms with Crippen molar-refractivity contribution in [2.45, 2.75) is 18.7 Å². The van der Waals surface area contributed by atoms with Gasteiger partial charge in [-0.3, -0.25) is 4.79 Å². The van der Waals surface area contributed by atoms with E-state index in [2.05, 4.69) is 0 Å². The highest BCUT2D eigenvalue weighted by molar-refractivity contribution is 6.33. The summed E-state index contributed by atoms with van der Waals surface area (Å²) in [7, 11) is 1.57. The average Bonchev–Trinajstić information content (AvgIpc) is 2.27. The molecule has 0 aliphatic carbocycles. The zero-order valence-corrected chi connectivity index (χ0v) is 9.04. The molecular weight excluding hydrogens is 200 g/mol. The standard InChI is InChI=1S/C11H13ClO2/c1-3-10(12)11(13)8-5-4-6-9(7-8)14-2/h4-7,10H,3H2,1-2H3. The van der Waals surface area contributed by atoms with Gasteiger partial charge in [0.15, 0.2) is 5.78 Å². The number of Topliss-reactive ketones (excluding diaryl/α,β-unsaturated/α-hetero) is 1. The molecule has 0 saturated heterocycles. The molecule has 0 amide bonds. The fraction of sp³-hybridized carbons (Fsp3) is 0.364. The van der Waals surface area contributed by atoms with Gasteiger partial charge in [0.1, 0.15) is 5.75 Å². The topological polar surface area (TPSA) is 26.3 Å². The van der Waals surface area contributed by atoms with Gasteiger partial charge < -0.3 is 4.74 Å². The molecule has 14 heavy (non-hydrogen) atoms. The highest BCUT2D eigenvalue weighted by atomic mass is 35.5. The SMILES string of the molecule is CCC(Cl)C(=O)c1cccc(OC)c1. The summed E-state index contributed by atoms with van der Waals surface area (Å²) in [5.41, 5.74) is 0.603. The number of alkyl halides is 1. The Balaban J connectivity index is 2.90. The summed E-state index contributed by atoms with van der Waals surface area (Å²) in [5, 5.41) is -0.442. The van der Waals surface area contributed by atoms with Crippen LogP contribution < -0.4 is 4.74 Å². The molecule has 0 heterocycles. The van der Waals surface area contributed by atoms with Crippen molar-refractivity contribution in [2.75, 3.05) is 7.11 Å². The van der Waals surface area contributed by atoms with Crippen molar-refractivity contribution in [1.82, 2.24) is 0 Å². The van der Waals surface area contributed by atoms with Gasteiger partial charge >= 0.3 is 0 Å². The lowest BCUT2D eigenvalue weighted by Gasteiger charge is -2.06. The van der Waals surface area contributed by atoms with Crippen molar-refractivity contribution in [3.8, 4) is 5.75 Å². The van der Waals surface area contributed by atoms with Crippen LogP contribution in [-0.4, -0.2) is 18.3 Å². The summed E-state index contributed by atoms with van der Waals surface area (Å²) in [4.78, 5) is 11.7. The van der Waals surface area contributed by atoms with E-state index in [9.17, 15) is 4.79 Å². The van der Waals surface area contributed by atoms with E-state index in [0.29, 0.717) is 17.7 Å². The van der Waals surface area contributed by atoms with Gasteiger partial charge in [0.2, 0.25) is 0 Å². The number of hydrogen-bond acceptors (Lipinski definition) is 2. The van der Waals surface area contributed by atoms with Crippen molar-refractivity contribution >= 4 is 17.4 Å². The number of ether oxygens (including phenoxy) is 1. The van der Waals surface area contributed by atoms with Gasteiger partial charge in [0.25, 0.3) is 0 Å². The summed E-state index contributed by atoms with van der Waals surface area (Å²) < 4.78 is 5.02. The van der Waals surface area contributed by atoms with Crippen LogP contribution in [0.4, 0.5) is 0 Å². The molecule has 1 unspecified atom stereocenters. The lowest BCUT2D eigenvalue weighted by Crippen LogP contribution is -2.13. The van der Waals surface area contributed by atoms with Gasteiger partial charge in [-0.2, -0.15) is 0 Å². The molecule has 0 aromatic heterocycles. The Morgan fingerprint density at radius 3 is 2.86 bits per heavy atom. The Morgan fingerprint density at radius 2 is 2.29 bits per heavy atom. The number of benzene rings is 1. The molecule has 0 N–H and O–H groups in total. The van der Waals surface area contributed by atoms with Crippen molar-refractivity contribution < 1.29 is 9.53 Å². The molecule has 0 fully saturated rings. The van der Waals surface area contributed by atoms with Crippen LogP contribution in [0.3, 0.4) is 0 Å². The Kier molecular flexibility index (Phi) is 3.96. The first-order valence-corrected chi connectivity index (χ1v) is 4.95. The minimum Gasteiger partial charge on any atom is -0.497 e. The zero-order valence-electron chi connectivity index (χ0n) is 8.29. The maximum atomic E-state index is 11.7. The summed E-state index contributed by atoms with van der Waals surface area (Å²) in [6.45, 7) is 1.88. The predicted octanol–water partition coefficient (Wildman–Crippen LogP) is 2.90. The highest BCUT2D eigenvalue weighted by Gasteiger charge is 2.15. The average molecular weight is 213 g/mol. The molecule has 1 rings (SSSR count). The maximum Gasteiger partial charge on any atom is 0.180 e. The fourth-order valence-electron chi connectivity index (χ4n) is 1.14. The maximum absolute atomic E-state index is 11.7. The Morgan fingerprint density at radius 1 is 1.57 bits per heavy atom. The Labute approximate surface area is 88.8 Å². The molecule has 0 spiro atoms. The lowest BCUT2D eigenvalue weighted by molar-refractivity contribution is 0.0985. The molecule has 0 aliphatic heterocycles.